The molecular weight excluding hydrogens is 287 g/mol. The van der Waals surface area contributed by atoms with Crippen LogP contribution in [0.4, 0.5) is 5.69 Å². The van der Waals surface area contributed by atoms with Crippen LogP contribution in [0, 0.1) is 5.92 Å². The largest absolute Gasteiger partial charge is 0.345 e. The molecular formula is C13H16Cl2N2O2. The van der Waals surface area contributed by atoms with E-state index in [0.717, 1.165) is 0 Å². The van der Waals surface area contributed by atoms with Gasteiger partial charge in [-0.2, -0.15) is 0 Å². The van der Waals surface area contributed by atoms with Gasteiger partial charge in [-0.3, -0.25) is 9.59 Å². The molecule has 0 aliphatic carbocycles. The average Bonchev–Trinajstić information content (AvgIpc) is 2.39. The Kier molecular flexibility index (Phi) is 5.63. The Labute approximate surface area is 122 Å². The van der Waals surface area contributed by atoms with Crippen LogP contribution in [0.2, 0.25) is 5.02 Å². The highest BCUT2D eigenvalue weighted by atomic mass is 35.5. The van der Waals surface area contributed by atoms with Crippen LogP contribution < -0.4 is 5.32 Å². The number of benzene rings is 1. The van der Waals surface area contributed by atoms with E-state index in [1.54, 1.807) is 39.2 Å². The predicted molar refractivity (Wildman–Crippen MR) is 78.0 cm³/mol. The van der Waals surface area contributed by atoms with Crippen molar-refractivity contribution in [1.82, 2.24) is 4.90 Å². The molecule has 0 fully saturated rings. The van der Waals surface area contributed by atoms with Gasteiger partial charge in [-0.05, 0) is 18.2 Å². The summed E-state index contributed by atoms with van der Waals surface area (Å²) in [6.45, 7) is 1.71. The van der Waals surface area contributed by atoms with E-state index in [1.165, 1.54) is 4.90 Å². The van der Waals surface area contributed by atoms with Crippen molar-refractivity contribution in [3.8, 4) is 0 Å². The van der Waals surface area contributed by atoms with E-state index in [0.29, 0.717) is 16.3 Å². The fourth-order valence-electron chi connectivity index (χ4n) is 1.34. The van der Waals surface area contributed by atoms with Crippen molar-refractivity contribution in [2.24, 2.45) is 5.92 Å². The molecule has 0 saturated heterocycles. The third kappa shape index (κ3) is 4.11. The number of halogens is 2. The fourth-order valence-corrected chi connectivity index (χ4v) is 1.64. The Balaban J connectivity index is 2.98. The van der Waals surface area contributed by atoms with Gasteiger partial charge in [-0.1, -0.05) is 18.5 Å². The lowest BCUT2D eigenvalue weighted by atomic mass is 10.1. The highest BCUT2D eigenvalue weighted by Gasteiger charge is 2.15. The first-order valence-electron chi connectivity index (χ1n) is 5.74. The van der Waals surface area contributed by atoms with Gasteiger partial charge in [0.2, 0.25) is 5.91 Å². The summed E-state index contributed by atoms with van der Waals surface area (Å²) in [5, 5.41) is 3.05. The molecule has 4 nitrogen and oxygen atoms in total. The second kappa shape index (κ2) is 6.78. The van der Waals surface area contributed by atoms with Gasteiger partial charge in [0.05, 0.1) is 10.7 Å². The van der Waals surface area contributed by atoms with Crippen molar-refractivity contribution in [1.29, 1.82) is 0 Å². The van der Waals surface area contributed by atoms with Crippen molar-refractivity contribution in [2.45, 2.75) is 6.92 Å². The van der Waals surface area contributed by atoms with Crippen LogP contribution in [0.3, 0.4) is 0 Å². The van der Waals surface area contributed by atoms with Crippen LogP contribution in [0.5, 0.6) is 0 Å². The number of alkyl halides is 1. The van der Waals surface area contributed by atoms with Crippen molar-refractivity contribution >= 4 is 40.7 Å². The molecule has 2 amide bonds. The molecule has 1 unspecified atom stereocenters. The van der Waals surface area contributed by atoms with E-state index in [-0.39, 0.29) is 23.6 Å². The first-order chi connectivity index (χ1) is 8.86. The monoisotopic (exact) mass is 302 g/mol. The number of anilines is 1. The molecule has 1 rings (SSSR count). The highest BCUT2D eigenvalue weighted by molar-refractivity contribution is 6.34. The van der Waals surface area contributed by atoms with E-state index >= 15 is 0 Å². The van der Waals surface area contributed by atoms with E-state index in [1.807, 2.05) is 0 Å². The van der Waals surface area contributed by atoms with Gasteiger partial charge in [-0.15, -0.1) is 11.6 Å². The maximum Gasteiger partial charge on any atom is 0.253 e. The number of hydrogen-bond acceptors (Lipinski definition) is 2. The van der Waals surface area contributed by atoms with E-state index in [9.17, 15) is 9.59 Å². The molecule has 6 heteroatoms. The third-order valence-corrected chi connectivity index (χ3v) is 3.35. The Morgan fingerprint density at radius 2 is 2.00 bits per heavy atom. The van der Waals surface area contributed by atoms with E-state index in [4.69, 9.17) is 23.2 Å². The van der Waals surface area contributed by atoms with Gasteiger partial charge < -0.3 is 10.2 Å². The van der Waals surface area contributed by atoms with Crippen molar-refractivity contribution in [3.05, 3.63) is 28.8 Å². The predicted octanol–water partition coefficient (Wildman–Crippen LogP) is 2.86. The highest BCUT2D eigenvalue weighted by Crippen LogP contribution is 2.24. The summed E-state index contributed by atoms with van der Waals surface area (Å²) in [6, 6.07) is 4.76. The number of nitrogens with one attached hydrogen (secondary N) is 1. The summed E-state index contributed by atoms with van der Waals surface area (Å²) >= 11 is 11.6. The van der Waals surface area contributed by atoms with E-state index < -0.39 is 0 Å². The summed E-state index contributed by atoms with van der Waals surface area (Å²) < 4.78 is 0. The van der Waals surface area contributed by atoms with Gasteiger partial charge in [0.15, 0.2) is 0 Å². The molecule has 19 heavy (non-hydrogen) atoms. The minimum Gasteiger partial charge on any atom is -0.345 e. The molecule has 1 atom stereocenters. The molecule has 0 aromatic heterocycles. The normalized spacial score (nSPS) is 11.8. The second-order valence-electron chi connectivity index (χ2n) is 4.44. The SMILES string of the molecule is CC(CCl)C(=O)Nc1cc(C(=O)N(C)C)ccc1Cl. The van der Waals surface area contributed by atoms with Gasteiger partial charge in [-0.25, -0.2) is 0 Å². The first kappa shape index (κ1) is 15.8. The molecule has 0 aliphatic heterocycles. The second-order valence-corrected chi connectivity index (χ2v) is 5.15. The maximum absolute atomic E-state index is 11.8. The summed E-state index contributed by atoms with van der Waals surface area (Å²) in [4.78, 5) is 25.0. The molecule has 0 saturated carbocycles. The van der Waals surface area contributed by atoms with Crippen molar-refractivity contribution in [2.75, 3.05) is 25.3 Å². The third-order valence-electron chi connectivity index (χ3n) is 2.56. The molecule has 1 aromatic rings. The van der Waals surface area contributed by atoms with Gasteiger partial charge in [0.25, 0.3) is 5.91 Å². The molecule has 0 spiro atoms. The molecule has 1 N–H and O–H groups in total. The quantitative estimate of drug-likeness (QED) is 0.870. The lowest BCUT2D eigenvalue weighted by Gasteiger charge is -2.14. The fraction of sp³-hybridized carbons (Fsp3) is 0.385. The average molecular weight is 303 g/mol. The topological polar surface area (TPSA) is 49.4 Å². The maximum atomic E-state index is 11.8. The van der Waals surface area contributed by atoms with Crippen LogP contribution >= 0.6 is 23.2 Å². The van der Waals surface area contributed by atoms with Gasteiger partial charge >= 0.3 is 0 Å². The van der Waals surface area contributed by atoms with Crippen LogP contribution in [-0.4, -0.2) is 36.7 Å². The lowest BCUT2D eigenvalue weighted by Crippen LogP contribution is -2.23. The van der Waals surface area contributed by atoms with Crippen LogP contribution in [-0.2, 0) is 4.79 Å². The lowest BCUT2D eigenvalue weighted by molar-refractivity contribution is -0.118. The molecule has 0 radical (unpaired) electrons. The summed E-state index contributed by atoms with van der Waals surface area (Å²) in [5.74, 6) is -0.491. The van der Waals surface area contributed by atoms with Crippen molar-refractivity contribution in [3.63, 3.8) is 0 Å². The number of hydrogen-bond donors (Lipinski definition) is 1. The molecule has 1 aromatic carbocycles. The number of carbonyl (C=O) groups is 2. The van der Waals surface area contributed by atoms with Crippen molar-refractivity contribution < 1.29 is 9.59 Å². The zero-order chi connectivity index (χ0) is 14.6. The Morgan fingerprint density at radius 3 is 2.53 bits per heavy atom. The number of nitrogens with zero attached hydrogens (tertiary/aromatic N) is 1. The molecule has 0 heterocycles. The summed E-state index contributed by atoms with van der Waals surface area (Å²) in [5.41, 5.74) is 0.875. The van der Waals surface area contributed by atoms with Crippen LogP contribution in [0.15, 0.2) is 18.2 Å². The molecule has 104 valence electrons. The first-order valence-corrected chi connectivity index (χ1v) is 6.66. The molecule has 0 aliphatic rings. The minimum atomic E-state index is -0.328. The Bertz CT molecular complexity index is 490. The summed E-state index contributed by atoms with van der Waals surface area (Å²) in [7, 11) is 3.32. The Morgan fingerprint density at radius 1 is 1.37 bits per heavy atom. The summed E-state index contributed by atoms with van der Waals surface area (Å²) in [6.07, 6.45) is 0. The van der Waals surface area contributed by atoms with Gasteiger partial charge in [0.1, 0.15) is 0 Å². The zero-order valence-corrected chi connectivity index (χ0v) is 12.5. The van der Waals surface area contributed by atoms with Gasteiger partial charge in [0, 0.05) is 31.5 Å². The zero-order valence-electron chi connectivity index (χ0n) is 11.0. The van der Waals surface area contributed by atoms with E-state index in [2.05, 4.69) is 5.32 Å². The number of amides is 2. The number of rotatable bonds is 4. The number of carbonyl (C=O) groups excluding carboxylic acids is 2. The van der Waals surface area contributed by atoms with Crippen LogP contribution in [0.1, 0.15) is 17.3 Å². The smallest absolute Gasteiger partial charge is 0.253 e. The standard InChI is InChI=1S/C13H16Cl2N2O2/c1-8(7-14)12(18)16-11-6-9(4-5-10(11)15)13(19)17(2)3/h4-6,8H,7H2,1-3H3,(H,16,18). The minimum absolute atomic E-state index is 0.155. The Hall–Kier alpha value is -1.26. The van der Waals surface area contributed by atoms with Crippen LogP contribution in [0.25, 0.3) is 0 Å². The molecule has 0 bridgehead atoms.